The van der Waals surface area contributed by atoms with Crippen LogP contribution in [0.3, 0.4) is 0 Å². The Labute approximate surface area is 183 Å². The third-order valence-corrected chi connectivity index (χ3v) is 5.39. The zero-order chi connectivity index (χ0) is 22.2. The van der Waals surface area contributed by atoms with Gasteiger partial charge < -0.3 is 10.7 Å². The molecular formula is C25H21FN6. The summed E-state index contributed by atoms with van der Waals surface area (Å²) in [4.78, 5) is 12.3. The Balaban J connectivity index is 1.65. The minimum atomic E-state index is -0.267. The first kappa shape index (κ1) is 19.7. The Morgan fingerprint density at radius 3 is 2.59 bits per heavy atom. The molecule has 4 aromatic heterocycles. The Bertz CT molecular complexity index is 1500. The lowest BCUT2D eigenvalue weighted by atomic mass is 10.0. The van der Waals surface area contributed by atoms with Crippen molar-refractivity contribution in [3.8, 4) is 22.5 Å². The van der Waals surface area contributed by atoms with Gasteiger partial charge >= 0.3 is 0 Å². The first-order valence-electron chi connectivity index (χ1n) is 10.2. The van der Waals surface area contributed by atoms with Crippen LogP contribution in [0.5, 0.6) is 0 Å². The van der Waals surface area contributed by atoms with Gasteiger partial charge in [0.25, 0.3) is 0 Å². The van der Waals surface area contributed by atoms with E-state index in [2.05, 4.69) is 25.1 Å². The van der Waals surface area contributed by atoms with Crippen LogP contribution in [-0.4, -0.2) is 25.1 Å². The average molecular weight is 424 g/mol. The Hall–Kier alpha value is -4.26. The molecule has 0 atom stereocenters. The molecule has 0 unspecified atom stereocenters. The van der Waals surface area contributed by atoms with Crippen molar-refractivity contribution < 1.29 is 4.39 Å². The van der Waals surface area contributed by atoms with Crippen molar-refractivity contribution in [1.29, 1.82) is 0 Å². The number of benzene rings is 1. The molecule has 7 heteroatoms. The molecule has 0 aliphatic heterocycles. The number of nitrogens with two attached hydrogens (primary N) is 1. The minimum Gasteiger partial charge on any atom is -0.402 e. The van der Waals surface area contributed by atoms with Crippen LogP contribution in [0.25, 0.3) is 49.9 Å². The summed E-state index contributed by atoms with van der Waals surface area (Å²) < 4.78 is 13.4. The quantitative estimate of drug-likeness (QED) is 0.329. The topological polar surface area (TPSA) is 96.3 Å². The van der Waals surface area contributed by atoms with Gasteiger partial charge in [-0.25, -0.2) is 4.39 Å². The van der Waals surface area contributed by atoms with Crippen LogP contribution >= 0.6 is 0 Å². The van der Waals surface area contributed by atoms with Crippen LogP contribution in [0.4, 0.5) is 4.39 Å². The zero-order valence-corrected chi connectivity index (χ0v) is 17.6. The molecule has 0 amide bonds. The van der Waals surface area contributed by atoms with Crippen molar-refractivity contribution in [1.82, 2.24) is 25.1 Å². The monoisotopic (exact) mass is 424 g/mol. The van der Waals surface area contributed by atoms with Crippen LogP contribution < -0.4 is 5.73 Å². The summed E-state index contributed by atoms with van der Waals surface area (Å²) in [7, 11) is 0. The maximum atomic E-state index is 13.4. The normalized spacial score (nSPS) is 12.7. The number of H-pyrrole nitrogens is 2. The molecule has 0 aliphatic rings. The van der Waals surface area contributed by atoms with Crippen molar-refractivity contribution in [3.63, 3.8) is 0 Å². The van der Waals surface area contributed by atoms with E-state index in [1.165, 1.54) is 12.1 Å². The second-order valence-electron chi connectivity index (χ2n) is 7.66. The van der Waals surface area contributed by atoms with Gasteiger partial charge in [-0.2, -0.15) is 5.10 Å². The fourth-order valence-corrected chi connectivity index (χ4v) is 3.87. The van der Waals surface area contributed by atoms with Crippen LogP contribution in [-0.2, 0) is 0 Å². The van der Waals surface area contributed by atoms with Gasteiger partial charge in [0.2, 0.25) is 0 Å². The van der Waals surface area contributed by atoms with Gasteiger partial charge in [-0.1, -0.05) is 18.2 Å². The molecule has 32 heavy (non-hydrogen) atoms. The molecule has 0 aliphatic carbocycles. The smallest absolute Gasteiger partial charge is 0.123 e. The number of nitrogens with one attached hydrogen (secondary N) is 2. The summed E-state index contributed by atoms with van der Waals surface area (Å²) in [5.41, 5.74) is 13.5. The van der Waals surface area contributed by atoms with Gasteiger partial charge in [0.15, 0.2) is 0 Å². The third-order valence-electron chi connectivity index (χ3n) is 5.39. The molecule has 158 valence electrons. The summed E-state index contributed by atoms with van der Waals surface area (Å²) in [5.74, 6) is -0.267. The highest BCUT2D eigenvalue weighted by molar-refractivity contribution is 6.01. The third kappa shape index (κ3) is 3.43. The fourth-order valence-electron chi connectivity index (χ4n) is 3.87. The number of aromatic nitrogens is 5. The van der Waals surface area contributed by atoms with Gasteiger partial charge in [-0.3, -0.25) is 15.1 Å². The standard InChI is InChI=1S/C25H21FN6/c1-3-15(8-14(2)27)21-10-19-24(13-29-21)31-32-25(19)22-9-18-20(11-28-12-23(18)30-22)16-4-6-17(26)7-5-16/h3-13,30H,27H2,1-2H3,(H,31,32)/b14-8+,15-3+. The largest absolute Gasteiger partial charge is 0.402 e. The number of aromatic amines is 2. The van der Waals surface area contributed by atoms with Crippen molar-refractivity contribution in [2.45, 2.75) is 13.8 Å². The van der Waals surface area contributed by atoms with Crippen LogP contribution in [0.2, 0.25) is 0 Å². The molecule has 1 aromatic carbocycles. The van der Waals surface area contributed by atoms with Crippen molar-refractivity contribution in [2.24, 2.45) is 5.73 Å². The van der Waals surface area contributed by atoms with E-state index in [1.807, 2.05) is 38.1 Å². The Morgan fingerprint density at radius 1 is 1.03 bits per heavy atom. The average Bonchev–Trinajstić information content (AvgIpc) is 3.41. The van der Waals surface area contributed by atoms with E-state index in [1.54, 1.807) is 30.7 Å². The number of hydrogen-bond acceptors (Lipinski definition) is 4. The summed E-state index contributed by atoms with van der Waals surface area (Å²) in [6.45, 7) is 3.81. The number of hydrogen-bond donors (Lipinski definition) is 3. The second-order valence-corrected chi connectivity index (χ2v) is 7.66. The summed E-state index contributed by atoms with van der Waals surface area (Å²) in [5, 5.41) is 9.53. The maximum absolute atomic E-state index is 13.4. The molecule has 0 fully saturated rings. The van der Waals surface area contributed by atoms with E-state index in [4.69, 9.17) is 5.73 Å². The van der Waals surface area contributed by atoms with Gasteiger partial charge in [-0.05, 0) is 55.3 Å². The number of nitrogens with zero attached hydrogens (tertiary/aromatic N) is 3. The summed E-state index contributed by atoms with van der Waals surface area (Å²) >= 11 is 0. The Kier molecular flexibility index (Phi) is 4.78. The van der Waals surface area contributed by atoms with Gasteiger partial charge in [0.05, 0.1) is 34.8 Å². The molecule has 5 aromatic rings. The van der Waals surface area contributed by atoms with E-state index in [0.29, 0.717) is 5.70 Å². The molecule has 0 bridgehead atoms. The number of fused-ring (bicyclic) bond motifs is 2. The SMILES string of the molecule is C/C=C(\C=C(/C)N)c1cc2c(-c3cc4c(-c5ccc(F)cc5)cncc4[nH]3)n[nH]c2cn1. The van der Waals surface area contributed by atoms with E-state index >= 15 is 0 Å². The number of halogens is 1. The Morgan fingerprint density at radius 2 is 1.84 bits per heavy atom. The molecule has 0 saturated carbocycles. The second kappa shape index (κ2) is 7.77. The van der Waals surface area contributed by atoms with Gasteiger partial charge in [0, 0.05) is 28.2 Å². The molecule has 0 saturated heterocycles. The van der Waals surface area contributed by atoms with Crippen LogP contribution in [0, 0.1) is 5.82 Å². The molecule has 4 heterocycles. The van der Waals surface area contributed by atoms with E-state index < -0.39 is 0 Å². The predicted octanol–water partition coefficient (Wildman–Crippen LogP) is 5.57. The van der Waals surface area contributed by atoms with Crippen molar-refractivity contribution >= 4 is 27.4 Å². The lowest BCUT2D eigenvalue weighted by Crippen LogP contribution is -1.93. The lowest BCUT2D eigenvalue weighted by molar-refractivity contribution is 0.628. The highest BCUT2D eigenvalue weighted by Crippen LogP contribution is 2.34. The molecule has 0 spiro atoms. The van der Waals surface area contributed by atoms with Crippen LogP contribution in [0.15, 0.2) is 72.8 Å². The highest BCUT2D eigenvalue weighted by atomic mass is 19.1. The summed E-state index contributed by atoms with van der Waals surface area (Å²) in [6, 6.07) is 10.5. The first-order valence-corrected chi connectivity index (χ1v) is 10.2. The molecule has 0 radical (unpaired) electrons. The zero-order valence-electron chi connectivity index (χ0n) is 17.6. The number of allylic oxidation sites excluding steroid dienone is 4. The van der Waals surface area contributed by atoms with E-state index in [0.717, 1.165) is 55.6 Å². The van der Waals surface area contributed by atoms with E-state index in [9.17, 15) is 4.39 Å². The van der Waals surface area contributed by atoms with E-state index in [-0.39, 0.29) is 5.82 Å². The first-order chi connectivity index (χ1) is 15.5. The maximum Gasteiger partial charge on any atom is 0.123 e. The molecule has 6 nitrogen and oxygen atoms in total. The van der Waals surface area contributed by atoms with Gasteiger partial charge in [-0.15, -0.1) is 0 Å². The fraction of sp³-hybridized carbons (Fsp3) is 0.0800. The molecule has 4 N–H and O–H groups in total. The highest BCUT2D eigenvalue weighted by Gasteiger charge is 2.15. The minimum absolute atomic E-state index is 0.267. The molecular weight excluding hydrogens is 403 g/mol. The van der Waals surface area contributed by atoms with Crippen molar-refractivity contribution in [3.05, 3.63) is 84.3 Å². The van der Waals surface area contributed by atoms with Crippen molar-refractivity contribution in [2.75, 3.05) is 0 Å². The van der Waals surface area contributed by atoms with Crippen LogP contribution in [0.1, 0.15) is 19.5 Å². The number of rotatable bonds is 4. The summed E-state index contributed by atoms with van der Waals surface area (Å²) in [6.07, 6.45) is 9.22. The van der Waals surface area contributed by atoms with Gasteiger partial charge in [0.1, 0.15) is 11.5 Å². The lowest BCUT2D eigenvalue weighted by Gasteiger charge is -2.03. The molecule has 5 rings (SSSR count). The number of pyridine rings is 2. The predicted molar refractivity (Wildman–Crippen MR) is 126 cm³/mol.